The monoisotopic (exact) mass is 427 g/mol. The lowest BCUT2D eigenvalue weighted by molar-refractivity contribution is -0.135. The van der Waals surface area contributed by atoms with Crippen molar-refractivity contribution in [2.45, 2.75) is 31.8 Å². The number of nitrogens with zero attached hydrogens (tertiary/aromatic N) is 4. The molecule has 0 atom stereocenters. The van der Waals surface area contributed by atoms with Crippen LogP contribution < -0.4 is 0 Å². The Morgan fingerprint density at radius 2 is 1.87 bits per heavy atom. The van der Waals surface area contributed by atoms with Crippen LogP contribution in [0.3, 0.4) is 0 Å². The van der Waals surface area contributed by atoms with Crippen LogP contribution in [0.15, 0.2) is 42.9 Å². The second-order valence-electron chi connectivity index (χ2n) is 7.30. The fraction of sp³-hybridized carbons (Fsp3) is 0.381. The molecule has 2 aromatic rings. The number of imidazole rings is 1. The predicted octanol–water partition coefficient (Wildman–Crippen LogP) is 1.57. The average molecular weight is 427 g/mol. The van der Waals surface area contributed by atoms with Crippen molar-refractivity contribution in [2.75, 3.05) is 19.6 Å². The summed E-state index contributed by atoms with van der Waals surface area (Å²) in [5.41, 5.74) is 0.534. The van der Waals surface area contributed by atoms with Gasteiger partial charge in [-0.2, -0.15) is 0 Å². The Hall–Kier alpha value is -3.69. The zero-order valence-corrected chi connectivity index (χ0v) is 17.2. The molecule has 0 radical (unpaired) electrons. The van der Waals surface area contributed by atoms with Crippen LogP contribution in [-0.2, 0) is 16.1 Å². The normalized spacial score (nSPS) is 17.5. The molecule has 2 N–H and O–H groups in total. The minimum absolute atomic E-state index is 0.133. The van der Waals surface area contributed by atoms with E-state index in [4.69, 9.17) is 9.90 Å². The molecule has 10 nitrogen and oxygen atoms in total. The van der Waals surface area contributed by atoms with Crippen molar-refractivity contribution in [2.24, 2.45) is 0 Å². The standard InChI is InChI=1S/C20H23N5O3.CH2O2/c1-2-24-18(27)20(25(19(24)28)13-15-6-4-3-5-7-15)8-10-23(11-9-20)17(26)16-12-21-14-22-16;2-1-3/h3-7,12,14H,2,8-11,13H2,1H3,(H,21,22);1H,(H,2,3). The van der Waals surface area contributed by atoms with Crippen LogP contribution in [0.1, 0.15) is 35.8 Å². The first kappa shape index (κ1) is 22.0. The average Bonchev–Trinajstić information content (AvgIpc) is 3.38. The largest absolute Gasteiger partial charge is 0.483 e. The van der Waals surface area contributed by atoms with Crippen molar-refractivity contribution < 1.29 is 24.3 Å². The number of aromatic amines is 1. The van der Waals surface area contributed by atoms with Gasteiger partial charge in [0, 0.05) is 26.2 Å². The third kappa shape index (κ3) is 4.14. The lowest BCUT2D eigenvalue weighted by Gasteiger charge is -2.42. The van der Waals surface area contributed by atoms with Gasteiger partial charge in [-0.1, -0.05) is 30.3 Å². The Bertz CT molecular complexity index is 923. The molecule has 2 saturated heterocycles. The van der Waals surface area contributed by atoms with Gasteiger partial charge in [-0.25, -0.2) is 9.78 Å². The van der Waals surface area contributed by atoms with Gasteiger partial charge in [0.2, 0.25) is 0 Å². The molecule has 164 valence electrons. The summed E-state index contributed by atoms with van der Waals surface area (Å²) in [6.45, 7) is 3.13. The highest BCUT2D eigenvalue weighted by molar-refractivity contribution is 6.07. The molecule has 0 unspecified atom stereocenters. The summed E-state index contributed by atoms with van der Waals surface area (Å²) in [6.07, 6.45) is 3.83. The van der Waals surface area contributed by atoms with Gasteiger partial charge in [-0.05, 0) is 25.3 Å². The van der Waals surface area contributed by atoms with Crippen LogP contribution in [0.2, 0.25) is 0 Å². The number of likely N-dealkylation sites (N-methyl/N-ethyl adjacent to an activating group) is 1. The van der Waals surface area contributed by atoms with Crippen molar-refractivity contribution in [1.82, 2.24) is 24.7 Å². The Labute approximate surface area is 179 Å². The number of piperidine rings is 1. The van der Waals surface area contributed by atoms with Crippen molar-refractivity contribution in [3.05, 3.63) is 54.1 Å². The molecule has 1 aromatic heterocycles. The zero-order chi connectivity index (χ0) is 22.4. The smallest absolute Gasteiger partial charge is 0.327 e. The number of amides is 4. The van der Waals surface area contributed by atoms with Gasteiger partial charge in [-0.3, -0.25) is 19.3 Å². The van der Waals surface area contributed by atoms with Gasteiger partial charge in [0.05, 0.1) is 12.5 Å². The van der Waals surface area contributed by atoms with Crippen LogP contribution in [-0.4, -0.2) is 79.3 Å². The summed E-state index contributed by atoms with van der Waals surface area (Å²) >= 11 is 0. The van der Waals surface area contributed by atoms with Crippen LogP contribution in [0.5, 0.6) is 0 Å². The number of benzene rings is 1. The number of urea groups is 1. The van der Waals surface area contributed by atoms with Gasteiger partial charge < -0.3 is 19.9 Å². The lowest BCUT2D eigenvalue weighted by Crippen LogP contribution is -2.57. The number of nitrogens with one attached hydrogen (secondary N) is 1. The number of carbonyl (C=O) groups is 4. The number of H-pyrrole nitrogens is 1. The number of carbonyl (C=O) groups excluding carboxylic acids is 3. The van der Waals surface area contributed by atoms with Crippen molar-refractivity contribution in [1.29, 1.82) is 0 Å². The molecule has 2 fully saturated rings. The molecule has 1 aromatic carbocycles. The van der Waals surface area contributed by atoms with Gasteiger partial charge in [0.15, 0.2) is 0 Å². The molecular weight excluding hydrogens is 402 g/mol. The number of aromatic nitrogens is 2. The van der Waals surface area contributed by atoms with Gasteiger partial charge >= 0.3 is 6.03 Å². The number of imide groups is 1. The number of likely N-dealkylation sites (tertiary alicyclic amines) is 1. The number of carboxylic acid groups (broad SMARTS) is 1. The summed E-state index contributed by atoms with van der Waals surface area (Å²) in [6, 6.07) is 9.44. The fourth-order valence-corrected chi connectivity index (χ4v) is 4.15. The Morgan fingerprint density at radius 3 is 2.42 bits per heavy atom. The Balaban J connectivity index is 0.000000858. The van der Waals surface area contributed by atoms with E-state index in [-0.39, 0.29) is 24.3 Å². The highest BCUT2D eigenvalue weighted by atomic mass is 16.3. The van der Waals surface area contributed by atoms with E-state index in [0.717, 1.165) is 5.56 Å². The van der Waals surface area contributed by atoms with E-state index >= 15 is 0 Å². The molecule has 1 spiro atoms. The molecule has 2 aliphatic rings. The summed E-state index contributed by atoms with van der Waals surface area (Å²) in [5.74, 6) is -0.282. The van der Waals surface area contributed by atoms with Gasteiger partial charge in [0.25, 0.3) is 18.3 Å². The number of rotatable bonds is 4. The molecule has 0 aliphatic carbocycles. The van der Waals surface area contributed by atoms with Gasteiger partial charge in [0.1, 0.15) is 11.2 Å². The third-order valence-electron chi connectivity index (χ3n) is 5.73. The van der Waals surface area contributed by atoms with Crippen LogP contribution >= 0.6 is 0 Å². The summed E-state index contributed by atoms with van der Waals surface area (Å²) in [5, 5.41) is 6.89. The number of hydrogen-bond acceptors (Lipinski definition) is 5. The molecule has 0 saturated carbocycles. The van der Waals surface area contributed by atoms with Crippen molar-refractivity contribution >= 4 is 24.3 Å². The van der Waals surface area contributed by atoms with Crippen LogP contribution in [0.4, 0.5) is 4.79 Å². The molecule has 4 amide bonds. The third-order valence-corrected chi connectivity index (χ3v) is 5.73. The van der Waals surface area contributed by atoms with E-state index in [2.05, 4.69) is 9.97 Å². The summed E-state index contributed by atoms with van der Waals surface area (Å²) < 4.78 is 0. The van der Waals surface area contributed by atoms with E-state index in [0.29, 0.717) is 44.7 Å². The van der Waals surface area contributed by atoms with E-state index in [9.17, 15) is 14.4 Å². The highest BCUT2D eigenvalue weighted by Crippen LogP contribution is 2.38. The van der Waals surface area contributed by atoms with E-state index in [1.165, 1.54) is 17.4 Å². The summed E-state index contributed by atoms with van der Waals surface area (Å²) in [4.78, 5) is 58.5. The number of hydrogen-bond donors (Lipinski definition) is 2. The maximum absolute atomic E-state index is 13.2. The topological polar surface area (TPSA) is 127 Å². The van der Waals surface area contributed by atoms with Crippen LogP contribution in [0.25, 0.3) is 0 Å². The fourth-order valence-electron chi connectivity index (χ4n) is 4.15. The minimum Gasteiger partial charge on any atom is -0.483 e. The first-order valence-electron chi connectivity index (χ1n) is 10.0. The molecular formula is C21H25N5O5. The summed E-state index contributed by atoms with van der Waals surface area (Å²) in [7, 11) is 0. The SMILES string of the molecule is CCN1C(=O)N(Cc2ccccc2)C2(CCN(C(=O)c3cnc[nH]3)CC2)C1=O.O=CO. The lowest BCUT2D eigenvalue weighted by atomic mass is 9.85. The Morgan fingerprint density at radius 1 is 1.23 bits per heavy atom. The predicted molar refractivity (Wildman–Crippen MR) is 110 cm³/mol. The van der Waals surface area contributed by atoms with E-state index < -0.39 is 5.54 Å². The maximum Gasteiger partial charge on any atom is 0.327 e. The van der Waals surface area contributed by atoms with Crippen LogP contribution in [0, 0.1) is 0 Å². The van der Waals surface area contributed by atoms with E-state index in [1.54, 1.807) is 9.80 Å². The van der Waals surface area contributed by atoms with E-state index in [1.807, 2.05) is 37.3 Å². The van der Waals surface area contributed by atoms with Gasteiger partial charge in [-0.15, -0.1) is 0 Å². The molecule has 4 rings (SSSR count). The molecule has 31 heavy (non-hydrogen) atoms. The first-order valence-corrected chi connectivity index (χ1v) is 10.0. The quantitative estimate of drug-likeness (QED) is 0.563. The molecule has 0 bridgehead atoms. The second-order valence-corrected chi connectivity index (χ2v) is 7.30. The molecule has 2 aliphatic heterocycles. The minimum atomic E-state index is -0.881. The second kappa shape index (κ2) is 9.41. The zero-order valence-electron chi connectivity index (χ0n) is 17.2. The maximum atomic E-state index is 13.2. The van der Waals surface area contributed by atoms with Crippen molar-refractivity contribution in [3.8, 4) is 0 Å². The molecule has 3 heterocycles. The highest BCUT2D eigenvalue weighted by Gasteiger charge is 2.57. The first-order chi connectivity index (χ1) is 15.0. The molecule has 10 heteroatoms. The Kier molecular flexibility index (Phi) is 6.68. The van der Waals surface area contributed by atoms with Crippen molar-refractivity contribution in [3.63, 3.8) is 0 Å².